The lowest BCUT2D eigenvalue weighted by Gasteiger charge is -2.07. The van der Waals surface area contributed by atoms with Gasteiger partial charge >= 0.3 is 0 Å². The average molecular weight is 254 g/mol. The lowest BCUT2D eigenvalue weighted by molar-refractivity contribution is 0.0954. The van der Waals surface area contributed by atoms with Gasteiger partial charge in [-0.05, 0) is 49.1 Å². The average Bonchev–Trinajstić information content (AvgIpc) is 2.43. The fourth-order valence-electron chi connectivity index (χ4n) is 1.88. The van der Waals surface area contributed by atoms with Crippen LogP contribution in [0.1, 0.15) is 27.0 Å². The van der Waals surface area contributed by atoms with Crippen molar-refractivity contribution < 1.29 is 4.79 Å². The summed E-state index contributed by atoms with van der Waals surface area (Å²) < 4.78 is 0. The number of aryl methyl sites for hydroxylation is 2. The molecule has 1 aromatic carbocycles. The highest BCUT2D eigenvalue weighted by molar-refractivity contribution is 5.93. The third-order valence-corrected chi connectivity index (χ3v) is 3.19. The zero-order valence-electron chi connectivity index (χ0n) is 11.3. The highest BCUT2D eigenvalue weighted by atomic mass is 16.1. The highest BCUT2D eigenvalue weighted by Crippen LogP contribution is 2.10. The van der Waals surface area contributed by atoms with E-state index in [1.807, 2.05) is 0 Å². The summed E-state index contributed by atoms with van der Waals surface area (Å²) in [6.07, 6.45) is 4.07. The van der Waals surface area contributed by atoms with Crippen LogP contribution in [0.3, 0.4) is 0 Å². The molecule has 98 valence electrons. The van der Waals surface area contributed by atoms with Crippen LogP contribution in [0, 0.1) is 13.8 Å². The van der Waals surface area contributed by atoms with Gasteiger partial charge in [0.1, 0.15) is 0 Å². The molecule has 0 unspecified atom stereocenters. The van der Waals surface area contributed by atoms with Gasteiger partial charge in [-0.25, -0.2) is 0 Å². The van der Waals surface area contributed by atoms with Crippen molar-refractivity contribution in [3.63, 3.8) is 0 Å². The molecule has 1 N–H and O–H groups in total. The number of carbonyl (C=O) groups excluding carboxylic acids is 1. The van der Waals surface area contributed by atoms with Crippen molar-refractivity contribution >= 4 is 5.91 Å². The van der Waals surface area contributed by atoms with Gasteiger partial charge in [-0.2, -0.15) is 0 Å². The normalized spacial score (nSPS) is 10.2. The van der Waals surface area contributed by atoms with Crippen molar-refractivity contribution in [1.29, 1.82) is 0 Å². The van der Waals surface area contributed by atoms with Crippen molar-refractivity contribution in [2.45, 2.75) is 20.3 Å². The second-order valence-electron chi connectivity index (χ2n) is 4.67. The maximum absolute atomic E-state index is 11.8. The number of pyridine rings is 1. The second kappa shape index (κ2) is 6.14. The first kappa shape index (κ1) is 13.3. The van der Waals surface area contributed by atoms with E-state index in [2.05, 4.69) is 42.3 Å². The Morgan fingerprint density at radius 3 is 2.74 bits per heavy atom. The first-order valence-electron chi connectivity index (χ1n) is 6.41. The molecule has 0 saturated carbocycles. The Kier molecular flexibility index (Phi) is 4.29. The number of benzene rings is 1. The SMILES string of the molecule is Cc1ccc(CCNC(=O)c2cccnc2)cc1C. The maximum Gasteiger partial charge on any atom is 0.252 e. The van der Waals surface area contributed by atoms with E-state index in [1.54, 1.807) is 24.5 Å². The molecule has 2 aromatic rings. The molecule has 0 saturated heterocycles. The molecule has 1 amide bonds. The molecule has 19 heavy (non-hydrogen) atoms. The van der Waals surface area contributed by atoms with Crippen molar-refractivity contribution in [3.8, 4) is 0 Å². The molecule has 0 aliphatic heterocycles. The molecule has 0 bridgehead atoms. The van der Waals surface area contributed by atoms with Gasteiger partial charge in [0.05, 0.1) is 5.56 Å². The van der Waals surface area contributed by atoms with Gasteiger partial charge in [0.25, 0.3) is 5.91 Å². The number of aromatic nitrogens is 1. The van der Waals surface area contributed by atoms with E-state index in [-0.39, 0.29) is 5.91 Å². The predicted molar refractivity (Wildman–Crippen MR) is 76.2 cm³/mol. The number of hydrogen-bond acceptors (Lipinski definition) is 2. The van der Waals surface area contributed by atoms with Crippen molar-refractivity contribution in [2.24, 2.45) is 0 Å². The van der Waals surface area contributed by atoms with E-state index >= 15 is 0 Å². The van der Waals surface area contributed by atoms with Crippen LogP contribution >= 0.6 is 0 Å². The van der Waals surface area contributed by atoms with Gasteiger partial charge in [-0.3, -0.25) is 9.78 Å². The zero-order chi connectivity index (χ0) is 13.7. The van der Waals surface area contributed by atoms with Gasteiger partial charge in [-0.1, -0.05) is 18.2 Å². The standard InChI is InChI=1S/C16H18N2O/c1-12-5-6-14(10-13(12)2)7-9-18-16(19)15-4-3-8-17-11-15/h3-6,8,10-11H,7,9H2,1-2H3,(H,18,19). The molecule has 3 heteroatoms. The van der Waals surface area contributed by atoms with Crippen LogP contribution in [0.4, 0.5) is 0 Å². The maximum atomic E-state index is 11.8. The van der Waals surface area contributed by atoms with Crippen molar-refractivity contribution in [1.82, 2.24) is 10.3 Å². The number of hydrogen-bond donors (Lipinski definition) is 1. The van der Waals surface area contributed by atoms with E-state index < -0.39 is 0 Å². The van der Waals surface area contributed by atoms with Crippen LogP contribution in [0.15, 0.2) is 42.7 Å². The van der Waals surface area contributed by atoms with Crippen molar-refractivity contribution in [2.75, 3.05) is 6.54 Å². The van der Waals surface area contributed by atoms with Crippen LogP contribution < -0.4 is 5.32 Å². The summed E-state index contributed by atoms with van der Waals surface area (Å²) in [6, 6.07) is 9.92. The summed E-state index contributed by atoms with van der Waals surface area (Å²) in [5, 5.41) is 2.90. The van der Waals surface area contributed by atoms with Gasteiger partial charge in [0.2, 0.25) is 0 Å². The third-order valence-electron chi connectivity index (χ3n) is 3.19. The van der Waals surface area contributed by atoms with E-state index in [4.69, 9.17) is 0 Å². The van der Waals surface area contributed by atoms with E-state index in [9.17, 15) is 4.79 Å². The van der Waals surface area contributed by atoms with Crippen LogP contribution in [0.25, 0.3) is 0 Å². The molecule has 0 fully saturated rings. The van der Waals surface area contributed by atoms with E-state index in [0.717, 1.165) is 6.42 Å². The molecule has 3 nitrogen and oxygen atoms in total. The molecule has 1 heterocycles. The summed E-state index contributed by atoms with van der Waals surface area (Å²) in [5.41, 5.74) is 4.43. The van der Waals surface area contributed by atoms with Gasteiger partial charge < -0.3 is 5.32 Å². The minimum atomic E-state index is -0.0723. The first-order valence-corrected chi connectivity index (χ1v) is 6.41. The first-order chi connectivity index (χ1) is 9.16. The lowest BCUT2D eigenvalue weighted by Crippen LogP contribution is -2.25. The molecule has 0 atom stereocenters. The molecule has 1 aromatic heterocycles. The predicted octanol–water partition coefficient (Wildman–Crippen LogP) is 2.67. The van der Waals surface area contributed by atoms with E-state index in [0.29, 0.717) is 12.1 Å². The smallest absolute Gasteiger partial charge is 0.252 e. The van der Waals surface area contributed by atoms with Crippen molar-refractivity contribution in [3.05, 3.63) is 65.0 Å². The molecule has 0 aliphatic carbocycles. The highest BCUT2D eigenvalue weighted by Gasteiger charge is 2.04. The Bertz CT molecular complexity index is 564. The zero-order valence-corrected chi connectivity index (χ0v) is 11.3. The summed E-state index contributed by atoms with van der Waals surface area (Å²) in [6.45, 7) is 4.84. The molecular weight excluding hydrogens is 236 g/mol. The fraction of sp³-hybridized carbons (Fsp3) is 0.250. The summed E-state index contributed by atoms with van der Waals surface area (Å²) in [7, 11) is 0. The Morgan fingerprint density at radius 2 is 2.05 bits per heavy atom. The minimum absolute atomic E-state index is 0.0723. The quantitative estimate of drug-likeness (QED) is 0.911. The topological polar surface area (TPSA) is 42.0 Å². The number of amides is 1. The van der Waals surface area contributed by atoms with Crippen LogP contribution in [-0.2, 0) is 6.42 Å². The van der Waals surface area contributed by atoms with Gasteiger partial charge in [0.15, 0.2) is 0 Å². The molecule has 0 aliphatic rings. The number of carbonyl (C=O) groups is 1. The number of nitrogens with zero attached hydrogens (tertiary/aromatic N) is 1. The third kappa shape index (κ3) is 3.65. The van der Waals surface area contributed by atoms with Crippen LogP contribution in [0.5, 0.6) is 0 Å². The lowest BCUT2D eigenvalue weighted by atomic mass is 10.0. The Morgan fingerprint density at radius 1 is 1.21 bits per heavy atom. The molecule has 0 spiro atoms. The Balaban J connectivity index is 1.87. The Labute approximate surface area is 113 Å². The Hall–Kier alpha value is -2.16. The minimum Gasteiger partial charge on any atom is -0.352 e. The largest absolute Gasteiger partial charge is 0.352 e. The summed E-state index contributed by atoms with van der Waals surface area (Å²) in [4.78, 5) is 15.7. The molecular formula is C16H18N2O. The summed E-state index contributed by atoms with van der Waals surface area (Å²) >= 11 is 0. The summed E-state index contributed by atoms with van der Waals surface area (Å²) in [5.74, 6) is -0.0723. The van der Waals surface area contributed by atoms with Gasteiger partial charge in [0, 0.05) is 18.9 Å². The van der Waals surface area contributed by atoms with Gasteiger partial charge in [-0.15, -0.1) is 0 Å². The number of rotatable bonds is 4. The van der Waals surface area contributed by atoms with Crippen LogP contribution in [0.2, 0.25) is 0 Å². The molecule has 2 rings (SSSR count). The van der Waals surface area contributed by atoms with Crippen LogP contribution in [-0.4, -0.2) is 17.4 Å². The van der Waals surface area contributed by atoms with E-state index in [1.165, 1.54) is 16.7 Å². The second-order valence-corrected chi connectivity index (χ2v) is 4.67. The number of nitrogens with one attached hydrogen (secondary N) is 1. The molecule has 0 radical (unpaired) electrons. The fourth-order valence-corrected chi connectivity index (χ4v) is 1.88. The monoisotopic (exact) mass is 254 g/mol.